The van der Waals surface area contributed by atoms with Crippen molar-refractivity contribution in [2.24, 2.45) is 11.8 Å². The Kier molecular flexibility index (Phi) is 4.23. The van der Waals surface area contributed by atoms with Crippen LogP contribution in [0.3, 0.4) is 0 Å². The van der Waals surface area contributed by atoms with Crippen LogP contribution >= 0.6 is 11.6 Å². The summed E-state index contributed by atoms with van der Waals surface area (Å²) in [6, 6.07) is 1.95. The molecule has 0 spiro atoms. The van der Waals surface area contributed by atoms with Gasteiger partial charge < -0.3 is 5.11 Å². The Hall–Kier alpha value is -0.670. The molecule has 1 fully saturated rings. The monoisotopic (exact) mass is 274 g/mol. The summed E-state index contributed by atoms with van der Waals surface area (Å²) in [7, 11) is 0. The summed E-state index contributed by atoms with van der Waals surface area (Å²) >= 11 is 5.88. The Morgan fingerprint density at radius 3 is 2.33 bits per heavy atom. The first-order valence-corrected chi connectivity index (χ1v) is 6.69. The fraction of sp³-hybridized carbons (Fsp3) is 0.571. The van der Waals surface area contributed by atoms with Gasteiger partial charge in [-0.15, -0.1) is 0 Å². The lowest BCUT2D eigenvalue weighted by molar-refractivity contribution is 0.0753. The van der Waals surface area contributed by atoms with E-state index >= 15 is 0 Å². The molecule has 0 aliphatic heterocycles. The van der Waals surface area contributed by atoms with E-state index in [-0.39, 0.29) is 10.9 Å². The molecule has 0 amide bonds. The average molecular weight is 275 g/mol. The molecule has 1 aromatic carbocycles. The molecular weight excluding hydrogens is 258 g/mol. The van der Waals surface area contributed by atoms with E-state index in [1.54, 1.807) is 0 Å². The van der Waals surface area contributed by atoms with Crippen molar-refractivity contribution in [2.45, 2.75) is 38.7 Å². The molecule has 0 radical (unpaired) electrons. The number of hydrogen-bond donors (Lipinski definition) is 1. The summed E-state index contributed by atoms with van der Waals surface area (Å²) in [5.74, 6) is -1.18. The van der Waals surface area contributed by atoms with Crippen LogP contribution in [0, 0.1) is 23.5 Å². The maximum Gasteiger partial charge on any atom is 0.160 e. The zero-order valence-corrected chi connectivity index (χ0v) is 11.1. The second kappa shape index (κ2) is 5.54. The third kappa shape index (κ3) is 2.83. The van der Waals surface area contributed by atoms with E-state index in [1.165, 1.54) is 0 Å². The predicted octanol–water partition coefficient (Wildman–Crippen LogP) is 4.48. The van der Waals surface area contributed by atoms with Gasteiger partial charge in [-0.2, -0.15) is 0 Å². The minimum atomic E-state index is -0.979. The molecule has 1 aliphatic carbocycles. The van der Waals surface area contributed by atoms with Gasteiger partial charge in [0.25, 0.3) is 0 Å². The fourth-order valence-electron chi connectivity index (χ4n) is 2.62. The lowest BCUT2D eigenvalue weighted by atomic mass is 9.78. The van der Waals surface area contributed by atoms with Crippen LogP contribution in [0.4, 0.5) is 8.78 Å². The Bertz CT molecular complexity index is 428. The number of halogens is 3. The largest absolute Gasteiger partial charge is 0.388 e. The highest BCUT2D eigenvalue weighted by Crippen LogP contribution is 2.39. The second-order valence-electron chi connectivity index (χ2n) is 5.25. The normalized spacial score (nSPS) is 26.1. The summed E-state index contributed by atoms with van der Waals surface area (Å²) in [6.45, 7) is 2.19. The molecule has 1 nitrogen and oxygen atoms in total. The van der Waals surface area contributed by atoms with Gasteiger partial charge in [-0.05, 0) is 36.8 Å². The number of hydrogen-bond acceptors (Lipinski definition) is 1. The summed E-state index contributed by atoms with van der Waals surface area (Å²) < 4.78 is 26.2. The van der Waals surface area contributed by atoms with E-state index in [4.69, 9.17) is 11.6 Å². The third-order valence-electron chi connectivity index (χ3n) is 3.87. The van der Waals surface area contributed by atoms with Crippen LogP contribution in [0.25, 0.3) is 0 Å². The first-order valence-electron chi connectivity index (χ1n) is 6.31. The van der Waals surface area contributed by atoms with Gasteiger partial charge in [0.05, 0.1) is 6.10 Å². The third-order valence-corrected chi connectivity index (χ3v) is 4.19. The standard InChI is InChI=1S/C14H17ClF2O/c1-8-2-4-9(5-3-8)14(18)10-6-12(16)13(17)7-11(10)15/h6-9,14,18H,2-5H2,1H3. The lowest BCUT2D eigenvalue weighted by Crippen LogP contribution is -2.19. The quantitative estimate of drug-likeness (QED) is 0.789. The van der Waals surface area contributed by atoms with Crippen LogP contribution in [0.2, 0.25) is 5.02 Å². The SMILES string of the molecule is CC1CCC(C(O)c2cc(F)c(F)cc2Cl)CC1. The number of aliphatic hydroxyl groups excluding tert-OH is 1. The summed E-state index contributed by atoms with van der Waals surface area (Å²) in [6.07, 6.45) is 3.11. The molecule has 4 heteroatoms. The van der Waals surface area contributed by atoms with Gasteiger partial charge in [-0.1, -0.05) is 31.4 Å². The molecule has 1 unspecified atom stereocenters. The molecule has 18 heavy (non-hydrogen) atoms. The van der Waals surface area contributed by atoms with Crippen molar-refractivity contribution in [3.63, 3.8) is 0 Å². The minimum Gasteiger partial charge on any atom is -0.388 e. The van der Waals surface area contributed by atoms with Crippen molar-refractivity contribution in [1.29, 1.82) is 0 Å². The van der Waals surface area contributed by atoms with Crippen molar-refractivity contribution >= 4 is 11.6 Å². The van der Waals surface area contributed by atoms with Gasteiger partial charge in [-0.3, -0.25) is 0 Å². The van der Waals surface area contributed by atoms with Crippen molar-refractivity contribution in [3.05, 3.63) is 34.4 Å². The molecular formula is C14H17ClF2O. The molecule has 0 heterocycles. The van der Waals surface area contributed by atoms with Crippen LogP contribution in [0.15, 0.2) is 12.1 Å². The van der Waals surface area contributed by atoms with E-state index in [9.17, 15) is 13.9 Å². The topological polar surface area (TPSA) is 20.2 Å². The Morgan fingerprint density at radius 2 is 1.72 bits per heavy atom. The van der Waals surface area contributed by atoms with Crippen LogP contribution in [0.5, 0.6) is 0 Å². The Labute approximate surface area is 111 Å². The summed E-state index contributed by atoms with van der Waals surface area (Å²) in [5.41, 5.74) is 0.301. The highest BCUT2D eigenvalue weighted by Gasteiger charge is 2.27. The van der Waals surface area contributed by atoms with E-state index in [2.05, 4.69) is 6.92 Å². The van der Waals surface area contributed by atoms with Crippen LogP contribution in [-0.4, -0.2) is 5.11 Å². The van der Waals surface area contributed by atoms with E-state index in [1.807, 2.05) is 0 Å². The molecule has 1 aromatic rings. The Morgan fingerprint density at radius 1 is 1.17 bits per heavy atom. The van der Waals surface area contributed by atoms with Crippen molar-refractivity contribution < 1.29 is 13.9 Å². The maximum absolute atomic E-state index is 13.2. The van der Waals surface area contributed by atoms with Gasteiger partial charge >= 0.3 is 0 Å². The van der Waals surface area contributed by atoms with Gasteiger partial charge in [0.15, 0.2) is 11.6 Å². The predicted molar refractivity (Wildman–Crippen MR) is 67.4 cm³/mol. The molecule has 0 saturated heterocycles. The number of aliphatic hydroxyl groups is 1. The van der Waals surface area contributed by atoms with Crippen LogP contribution in [-0.2, 0) is 0 Å². The van der Waals surface area contributed by atoms with Gasteiger partial charge in [0.2, 0.25) is 0 Å². The first kappa shape index (κ1) is 13.8. The molecule has 2 rings (SSSR count). The van der Waals surface area contributed by atoms with E-state index in [0.717, 1.165) is 37.8 Å². The molecule has 1 atom stereocenters. The van der Waals surface area contributed by atoms with E-state index < -0.39 is 17.7 Å². The molecule has 100 valence electrons. The molecule has 0 aromatic heterocycles. The zero-order chi connectivity index (χ0) is 13.3. The van der Waals surface area contributed by atoms with Gasteiger partial charge in [0, 0.05) is 10.6 Å². The van der Waals surface area contributed by atoms with Gasteiger partial charge in [0.1, 0.15) is 0 Å². The fourth-order valence-corrected chi connectivity index (χ4v) is 2.88. The maximum atomic E-state index is 13.2. The lowest BCUT2D eigenvalue weighted by Gasteiger charge is -2.30. The highest BCUT2D eigenvalue weighted by atomic mass is 35.5. The van der Waals surface area contributed by atoms with Crippen molar-refractivity contribution in [3.8, 4) is 0 Å². The zero-order valence-electron chi connectivity index (χ0n) is 10.3. The van der Waals surface area contributed by atoms with Crippen LogP contribution in [0.1, 0.15) is 44.3 Å². The highest BCUT2D eigenvalue weighted by molar-refractivity contribution is 6.31. The molecule has 1 aliphatic rings. The smallest absolute Gasteiger partial charge is 0.160 e. The minimum absolute atomic E-state index is 0.0866. The summed E-state index contributed by atoms with van der Waals surface area (Å²) in [5, 5.41) is 10.4. The van der Waals surface area contributed by atoms with Gasteiger partial charge in [-0.25, -0.2) is 8.78 Å². The first-order chi connectivity index (χ1) is 8.49. The molecule has 1 saturated carbocycles. The molecule has 0 bridgehead atoms. The molecule has 1 N–H and O–H groups in total. The summed E-state index contributed by atoms with van der Waals surface area (Å²) in [4.78, 5) is 0. The van der Waals surface area contributed by atoms with Crippen molar-refractivity contribution in [2.75, 3.05) is 0 Å². The Balaban J connectivity index is 2.18. The average Bonchev–Trinajstić information content (AvgIpc) is 2.34. The van der Waals surface area contributed by atoms with E-state index in [0.29, 0.717) is 11.5 Å². The van der Waals surface area contributed by atoms with Crippen molar-refractivity contribution in [1.82, 2.24) is 0 Å². The van der Waals surface area contributed by atoms with Crippen LogP contribution < -0.4 is 0 Å². The second-order valence-corrected chi connectivity index (χ2v) is 5.66. The number of benzene rings is 1. The number of rotatable bonds is 2.